The van der Waals surface area contributed by atoms with E-state index in [0.29, 0.717) is 5.82 Å². The highest BCUT2D eigenvalue weighted by atomic mass is 19.4. The molecule has 0 amide bonds. The number of anilines is 4. The molecule has 0 fully saturated rings. The normalized spacial score (nSPS) is 11.0. The van der Waals surface area contributed by atoms with Crippen LogP contribution in [-0.2, 0) is 0 Å². The number of nitrogens with zero attached hydrogens (tertiary/aromatic N) is 4. The van der Waals surface area contributed by atoms with Gasteiger partial charge in [-0.15, -0.1) is 13.2 Å². The molecule has 12 heteroatoms. The molecule has 0 unspecified atom stereocenters. The average molecular weight is 406 g/mol. The zero-order chi connectivity index (χ0) is 21.0. The zero-order valence-corrected chi connectivity index (χ0v) is 14.8. The van der Waals surface area contributed by atoms with E-state index < -0.39 is 22.7 Å². The molecular weight excluding hydrogens is 393 g/mol. The van der Waals surface area contributed by atoms with Gasteiger partial charge in [-0.05, 0) is 48.9 Å². The summed E-state index contributed by atoms with van der Waals surface area (Å²) in [5.41, 5.74) is 0.700. The van der Waals surface area contributed by atoms with E-state index in [0.717, 1.165) is 24.0 Å². The third-order valence-corrected chi connectivity index (χ3v) is 3.52. The van der Waals surface area contributed by atoms with Crippen molar-refractivity contribution in [1.82, 2.24) is 15.0 Å². The highest BCUT2D eigenvalue weighted by Gasteiger charge is 2.31. The number of nitrogens with one attached hydrogen (secondary N) is 2. The third-order valence-electron chi connectivity index (χ3n) is 3.52. The predicted molar refractivity (Wildman–Crippen MR) is 97.4 cm³/mol. The molecule has 2 N–H and O–H groups in total. The molecular formula is C17H13F3N6O3. The van der Waals surface area contributed by atoms with Gasteiger partial charge < -0.3 is 15.4 Å². The smallest absolute Gasteiger partial charge is 0.406 e. The maximum absolute atomic E-state index is 12.2. The van der Waals surface area contributed by atoms with Crippen molar-refractivity contribution < 1.29 is 22.8 Å². The fourth-order valence-electron chi connectivity index (χ4n) is 2.34. The molecule has 3 aromatic rings. The summed E-state index contributed by atoms with van der Waals surface area (Å²) < 4.78 is 40.5. The largest absolute Gasteiger partial charge is 0.573 e. The van der Waals surface area contributed by atoms with Crippen LogP contribution in [-0.4, -0.2) is 26.2 Å². The monoisotopic (exact) mass is 406 g/mol. The number of benzene rings is 1. The molecule has 150 valence electrons. The molecule has 0 bridgehead atoms. The highest BCUT2D eigenvalue weighted by molar-refractivity contribution is 5.76. The van der Waals surface area contributed by atoms with Gasteiger partial charge in [-0.3, -0.25) is 10.1 Å². The van der Waals surface area contributed by atoms with E-state index >= 15 is 0 Å². The lowest BCUT2D eigenvalue weighted by atomic mass is 10.3. The summed E-state index contributed by atoms with van der Waals surface area (Å²) in [6.07, 6.45) is -2.17. The second kappa shape index (κ2) is 7.96. The topological polar surface area (TPSA) is 115 Å². The van der Waals surface area contributed by atoms with E-state index in [2.05, 4.69) is 30.3 Å². The van der Waals surface area contributed by atoms with Gasteiger partial charge in [0, 0.05) is 11.9 Å². The minimum Gasteiger partial charge on any atom is -0.406 e. The first-order valence-corrected chi connectivity index (χ1v) is 8.03. The number of ether oxygens (including phenoxy) is 1. The Morgan fingerprint density at radius 1 is 1.03 bits per heavy atom. The molecule has 0 radical (unpaired) electrons. The van der Waals surface area contributed by atoms with Gasteiger partial charge in [-0.25, -0.2) is 15.0 Å². The van der Waals surface area contributed by atoms with E-state index in [1.807, 2.05) is 6.92 Å². The van der Waals surface area contributed by atoms with E-state index in [1.165, 1.54) is 18.3 Å². The Kier molecular flexibility index (Phi) is 5.43. The number of halogens is 3. The van der Waals surface area contributed by atoms with Crippen LogP contribution in [0.25, 0.3) is 0 Å². The van der Waals surface area contributed by atoms with Gasteiger partial charge in [0.05, 0.1) is 4.92 Å². The zero-order valence-electron chi connectivity index (χ0n) is 14.8. The van der Waals surface area contributed by atoms with Crippen LogP contribution in [0.15, 0.2) is 48.9 Å². The van der Waals surface area contributed by atoms with Crippen LogP contribution in [0.5, 0.6) is 5.75 Å². The van der Waals surface area contributed by atoms with Crippen molar-refractivity contribution in [2.45, 2.75) is 13.3 Å². The molecule has 3 rings (SSSR count). The molecule has 29 heavy (non-hydrogen) atoms. The Hall–Kier alpha value is -3.96. The maximum atomic E-state index is 12.2. The number of nitro groups is 1. The first kappa shape index (κ1) is 19.8. The standard InChI is InChI=1S/C17H13F3N6O3/c1-10-6-7-21-13(8-10)25-16-14(26(27)28)15(22-9-23-16)24-11-2-4-12(5-3-11)29-17(18,19)20/h2-9H,1H3,(H2,21,22,23,24,25). The Morgan fingerprint density at radius 2 is 1.69 bits per heavy atom. The molecule has 0 aliphatic carbocycles. The first-order chi connectivity index (χ1) is 13.7. The summed E-state index contributed by atoms with van der Waals surface area (Å²) in [5, 5.41) is 17.0. The number of aryl methyl sites for hydroxylation is 1. The van der Waals surface area contributed by atoms with Crippen LogP contribution in [0, 0.1) is 17.0 Å². The molecule has 0 saturated heterocycles. The lowest BCUT2D eigenvalue weighted by Gasteiger charge is -2.11. The molecule has 0 spiro atoms. The highest BCUT2D eigenvalue weighted by Crippen LogP contribution is 2.33. The van der Waals surface area contributed by atoms with Gasteiger partial charge in [-0.2, -0.15) is 0 Å². The van der Waals surface area contributed by atoms with Crippen molar-refractivity contribution in [3.63, 3.8) is 0 Å². The van der Waals surface area contributed by atoms with Crippen LogP contribution in [0.2, 0.25) is 0 Å². The quantitative estimate of drug-likeness (QED) is 0.455. The van der Waals surface area contributed by atoms with Crippen LogP contribution in [0.3, 0.4) is 0 Å². The fourth-order valence-corrected chi connectivity index (χ4v) is 2.34. The van der Waals surface area contributed by atoms with E-state index in [1.54, 1.807) is 12.1 Å². The summed E-state index contributed by atoms with van der Waals surface area (Å²) in [6.45, 7) is 1.83. The summed E-state index contributed by atoms with van der Waals surface area (Å²) in [5.74, 6) is -0.313. The van der Waals surface area contributed by atoms with Gasteiger partial charge in [-0.1, -0.05) is 0 Å². The summed E-state index contributed by atoms with van der Waals surface area (Å²) in [6, 6.07) is 8.11. The Bertz CT molecular complexity index is 1030. The van der Waals surface area contributed by atoms with Gasteiger partial charge in [0.15, 0.2) is 0 Å². The van der Waals surface area contributed by atoms with Gasteiger partial charge in [0.25, 0.3) is 0 Å². The Labute approximate surface area is 161 Å². The average Bonchev–Trinajstić information content (AvgIpc) is 2.62. The third kappa shape index (κ3) is 5.28. The van der Waals surface area contributed by atoms with Crippen molar-refractivity contribution >= 4 is 28.8 Å². The minimum absolute atomic E-state index is 0.0948. The van der Waals surface area contributed by atoms with Crippen LogP contribution in [0.1, 0.15) is 5.56 Å². The summed E-state index contributed by atoms with van der Waals surface area (Å²) >= 11 is 0. The second-order valence-corrected chi connectivity index (χ2v) is 5.72. The number of hydrogen-bond acceptors (Lipinski definition) is 8. The number of alkyl halides is 3. The van der Waals surface area contributed by atoms with Crippen LogP contribution >= 0.6 is 0 Å². The Balaban J connectivity index is 1.87. The van der Waals surface area contributed by atoms with Crippen LogP contribution in [0.4, 0.5) is 42.0 Å². The number of rotatable bonds is 6. The van der Waals surface area contributed by atoms with E-state index in [4.69, 9.17) is 0 Å². The number of aromatic nitrogens is 3. The SMILES string of the molecule is Cc1ccnc(Nc2ncnc(Nc3ccc(OC(F)(F)F)cc3)c2[N+](=O)[O-])c1. The lowest BCUT2D eigenvalue weighted by molar-refractivity contribution is -0.383. The van der Waals surface area contributed by atoms with Gasteiger partial charge in [0.1, 0.15) is 17.9 Å². The molecule has 2 heterocycles. The molecule has 0 aliphatic heterocycles. The fraction of sp³-hybridized carbons (Fsp3) is 0.118. The molecule has 9 nitrogen and oxygen atoms in total. The number of hydrogen-bond donors (Lipinski definition) is 2. The van der Waals surface area contributed by atoms with Crippen LogP contribution < -0.4 is 15.4 Å². The molecule has 0 atom stereocenters. The summed E-state index contributed by atoms with van der Waals surface area (Å²) in [7, 11) is 0. The van der Waals surface area contributed by atoms with Gasteiger partial charge in [0.2, 0.25) is 11.6 Å². The van der Waals surface area contributed by atoms with Crippen molar-refractivity contribution in [1.29, 1.82) is 0 Å². The first-order valence-electron chi connectivity index (χ1n) is 8.03. The van der Waals surface area contributed by atoms with Gasteiger partial charge >= 0.3 is 12.0 Å². The van der Waals surface area contributed by atoms with Crippen molar-refractivity contribution in [2.75, 3.05) is 10.6 Å². The molecule has 2 aromatic heterocycles. The van der Waals surface area contributed by atoms with Crippen molar-refractivity contribution in [3.8, 4) is 5.75 Å². The lowest BCUT2D eigenvalue weighted by Crippen LogP contribution is -2.17. The van der Waals surface area contributed by atoms with Crippen molar-refractivity contribution in [2.24, 2.45) is 0 Å². The van der Waals surface area contributed by atoms with E-state index in [-0.39, 0.29) is 17.3 Å². The molecule has 0 aliphatic rings. The minimum atomic E-state index is -4.81. The predicted octanol–water partition coefficient (Wildman–Crippen LogP) is 4.47. The maximum Gasteiger partial charge on any atom is 0.573 e. The number of pyridine rings is 1. The second-order valence-electron chi connectivity index (χ2n) is 5.72. The summed E-state index contributed by atoms with van der Waals surface area (Å²) in [4.78, 5) is 22.7. The molecule has 0 saturated carbocycles. The van der Waals surface area contributed by atoms with E-state index in [9.17, 15) is 23.3 Å². The molecule has 1 aromatic carbocycles. The Morgan fingerprint density at radius 3 is 2.28 bits per heavy atom. The van der Waals surface area contributed by atoms with Crippen molar-refractivity contribution in [3.05, 3.63) is 64.6 Å².